The fraction of sp³-hybridized carbons (Fsp3) is 0.643. The lowest BCUT2D eigenvalue weighted by Crippen LogP contribution is -2.55. The summed E-state index contributed by atoms with van der Waals surface area (Å²) in [6, 6.07) is 4.29. The summed E-state index contributed by atoms with van der Waals surface area (Å²) < 4.78 is 5.35. The third kappa shape index (κ3) is 3.36. The molecule has 2 unspecified atom stereocenters. The van der Waals surface area contributed by atoms with E-state index in [-0.39, 0.29) is 5.76 Å². The van der Waals surface area contributed by atoms with Crippen molar-refractivity contribution in [2.24, 2.45) is 0 Å². The average molecular weight is 266 g/mol. The Morgan fingerprint density at radius 2 is 2.26 bits per heavy atom. The number of piperazine rings is 1. The summed E-state index contributed by atoms with van der Waals surface area (Å²) in [6.07, 6.45) is 2.18. The van der Waals surface area contributed by atoms with Crippen LogP contribution in [-0.2, 0) is 6.54 Å². The van der Waals surface area contributed by atoms with E-state index in [0.717, 1.165) is 31.7 Å². The molecule has 2 atom stereocenters. The van der Waals surface area contributed by atoms with E-state index in [1.165, 1.54) is 6.07 Å². The molecule has 0 radical (unpaired) electrons. The number of carboxylic acids is 1. The van der Waals surface area contributed by atoms with Crippen molar-refractivity contribution in [1.29, 1.82) is 0 Å². The first-order valence-corrected chi connectivity index (χ1v) is 6.93. The molecule has 1 aliphatic rings. The molecule has 2 heterocycles. The van der Waals surface area contributed by atoms with Crippen LogP contribution in [0.5, 0.6) is 0 Å². The van der Waals surface area contributed by atoms with Crippen molar-refractivity contribution in [2.45, 2.75) is 45.3 Å². The van der Waals surface area contributed by atoms with Crippen molar-refractivity contribution >= 4 is 5.97 Å². The highest BCUT2D eigenvalue weighted by Gasteiger charge is 2.26. The van der Waals surface area contributed by atoms with Gasteiger partial charge in [0.25, 0.3) is 0 Å². The quantitative estimate of drug-likeness (QED) is 0.852. The molecule has 0 aromatic carbocycles. The standard InChI is InChI=1S/C14H22N2O3/c1-3-10-8-16(11(4-2)7-15-10)9-12-5-6-13(19-12)14(17)18/h5-6,10-11,15H,3-4,7-9H2,1-2H3,(H,17,18). The lowest BCUT2D eigenvalue weighted by atomic mass is 10.1. The molecule has 2 rings (SSSR count). The van der Waals surface area contributed by atoms with Gasteiger partial charge in [-0.3, -0.25) is 4.90 Å². The molecule has 5 heteroatoms. The molecule has 1 aromatic heterocycles. The van der Waals surface area contributed by atoms with Gasteiger partial charge in [-0.25, -0.2) is 4.79 Å². The van der Waals surface area contributed by atoms with Gasteiger partial charge in [0.2, 0.25) is 5.76 Å². The summed E-state index contributed by atoms with van der Waals surface area (Å²) >= 11 is 0. The van der Waals surface area contributed by atoms with Gasteiger partial charge in [-0.05, 0) is 25.0 Å². The number of nitrogens with zero attached hydrogens (tertiary/aromatic N) is 1. The smallest absolute Gasteiger partial charge is 0.371 e. The zero-order valence-electron chi connectivity index (χ0n) is 11.6. The molecule has 2 N–H and O–H groups in total. The maximum absolute atomic E-state index is 10.8. The molecule has 0 bridgehead atoms. The summed E-state index contributed by atoms with van der Waals surface area (Å²) in [6.45, 7) is 7.01. The van der Waals surface area contributed by atoms with Crippen LogP contribution in [0.25, 0.3) is 0 Å². The normalized spacial score (nSPS) is 24.5. The van der Waals surface area contributed by atoms with E-state index < -0.39 is 5.97 Å². The molecule has 0 aliphatic carbocycles. The zero-order valence-corrected chi connectivity index (χ0v) is 11.6. The van der Waals surface area contributed by atoms with Crippen molar-refractivity contribution < 1.29 is 14.3 Å². The molecule has 1 aromatic rings. The van der Waals surface area contributed by atoms with E-state index in [4.69, 9.17) is 9.52 Å². The van der Waals surface area contributed by atoms with Crippen LogP contribution in [0.4, 0.5) is 0 Å². The van der Waals surface area contributed by atoms with Crippen LogP contribution in [0, 0.1) is 0 Å². The van der Waals surface area contributed by atoms with E-state index in [2.05, 4.69) is 24.1 Å². The average Bonchev–Trinajstić information content (AvgIpc) is 2.87. The molecule has 1 aliphatic heterocycles. The van der Waals surface area contributed by atoms with Crippen LogP contribution < -0.4 is 5.32 Å². The second-order valence-electron chi connectivity index (χ2n) is 5.08. The monoisotopic (exact) mass is 266 g/mol. The number of rotatable bonds is 5. The summed E-state index contributed by atoms with van der Waals surface area (Å²) in [5, 5.41) is 12.4. The Kier molecular flexibility index (Phi) is 4.61. The number of furan rings is 1. The number of nitrogens with one attached hydrogen (secondary N) is 1. The molecule has 1 saturated heterocycles. The van der Waals surface area contributed by atoms with Crippen LogP contribution in [0.15, 0.2) is 16.5 Å². The molecule has 5 nitrogen and oxygen atoms in total. The van der Waals surface area contributed by atoms with Crippen molar-refractivity contribution in [3.8, 4) is 0 Å². The number of aromatic carboxylic acids is 1. The van der Waals surface area contributed by atoms with Crippen LogP contribution in [0.2, 0.25) is 0 Å². The summed E-state index contributed by atoms with van der Waals surface area (Å²) in [4.78, 5) is 13.2. The minimum absolute atomic E-state index is 0.0187. The van der Waals surface area contributed by atoms with Crippen LogP contribution in [0.1, 0.15) is 43.0 Å². The first-order valence-electron chi connectivity index (χ1n) is 6.93. The maximum atomic E-state index is 10.8. The SMILES string of the molecule is CCC1CN(Cc2ccc(C(=O)O)o2)C(CC)CN1. The molecular weight excluding hydrogens is 244 g/mol. The number of hydrogen-bond acceptors (Lipinski definition) is 4. The predicted octanol–water partition coefficient (Wildman–Crippen LogP) is 1.94. The van der Waals surface area contributed by atoms with Gasteiger partial charge in [-0.1, -0.05) is 13.8 Å². The number of hydrogen-bond donors (Lipinski definition) is 2. The Labute approximate surface area is 113 Å². The van der Waals surface area contributed by atoms with Crippen LogP contribution in [0.3, 0.4) is 0 Å². The van der Waals surface area contributed by atoms with Gasteiger partial charge in [0.15, 0.2) is 0 Å². The Morgan fingerprint density at radius 1 is 1.47 bits per heavy atom. The third-order valence-corrected chi connectivity index (χ3v) is 3.81. The Hall–Kier alpha value is -1.33. The van der Waals surface area contributed by atoms with Gasteiger partial charge in [0.05, 0.1) is 6.54 Å². The van der Waals surface area contributed by atoms with E-state index in [1.54, 1.807) is 6.07 Å². The first kappa shape index (κ1) is 14.1. The minimum atomic E-state index is -1.01. The van der Waals surface area contributed by atoms with E-state index in [9.17, 15) is 4.79 Å². The highest BCUT2D eigenvalue weighted by atomic mass is 16.4. The van der Waals surface area contributed by atoms with Gasteiger partial charge in [-0.15, -0.1) is 0 Å². The predicted molar refractivity (Wildman–Crippen MR) is 72.2 cm³/mol. The Balaban J connectivity index is 2.03. The highest BCUT2D eigenvalue weighted by Crippen LogP contribution is 2.17. The molecule has 0 spiro atoms. The van der Waals surface area contributed by atoms with Crippen LogP contribution >= 0.6 is 0 Å². The molecule has 1 fully saturated rings. The second kappa shape index (κ2) is 6.21. The molecule has 0 amide bonds. The highest BCUT2D eigenvalue weighted by molar-refractivity contribution is 5.84. The summed E-state index contributed by atoms with van der Waals surface area (Å²) in [5.41, 5.74) is 0. The lowest BCUT2D eigenvalue weighted by molar-refractivity contribution is 0.0652. The van der Waals surface area contributed by atoms with Crippen LogP contribution in [-0.4, -0.2) is 41.1 Å². The van der Waals surface area contributed by atoms with Gasteiger partial charge in [0.1, 0.15) is 5.76 Å². The first-order chi connectivity index (χ1) is 9.13. The van der Waals surface area contributed by atoms with Crippen molar-refractivity contribution in [2.75, 3.05) is 13.1 Å². The number of carbonyl (C=O) groups is 1. The second-order valence-corrected chi connectivity index (χ2v) is 5.08. The Bertz CT molecular complexity index is 430. The van der Waals surface area contributed by atoms with Gasteiger partial charge >= 0.3 is 5.97 Å². The maximum Gasteiger partial charge on any atom is 0.371 e. The molecule has 0 saturated carbocycles. The number of carboxylic acid groups (broad SMARTS) is 1. The third-order valence-electron chi connectivity index (χ3n) is 3.81. The largest absolute Gasteiger partial charge is 0.475 e. The van der Waals surface area contributed by atoms with E-state index >= 15 is 0 Å². The molecular formula is C14H22N2O3. The summed E-state index contributed by atoms with van der Waals surface area (Å²) in [5.74, 6) is -0.261. The molecule has 106 valence electrons. The van der Waals surface area contributed by atoms with Gasteiger partial charge in [-0.2, -0.15) is 0 Å². The van der Waals surface area contributed by atoms with Gasteiger partial charge < -0.3 is 14.8 Å². The molecule has 19 heavy (non-hydrogen) atoms. The zero-order chi connectivity index (χ0) is 13.8. The lowest BCUT2D eigenvalue weighted by Gasteiger charge is -2.39. The van der Waals surface area contributed by atoms with Crippen molar-refractivity contribution in [3.05, 3.63) is 23.7 Å². The minimum Gasteiger partial charge on any atom is -0.475 e. The van der Waals surface area contributed by atoms with Crippen molar-refractivity contribution in [3.63, 3.8) is 0 Å². The summed E-state index contributed by atoms with van der Waals surface area (Å²) in [7, 11) is 0. The van der Waals surface area contributed by atoms with E-state index in [0.29, 0.717) is 18.6 Å². The van der Waals surface area contributed by atoms with Crippen molar-refractivity contribution in [1.82, 2.24) is 10.2 Å². The Morgan fingerprint density at radius 3 is 2.84 bits per heavy atom. The van der Waals surface area contributed by atoms with E-state index in [1.807, 2.05) is 0 Å². The fourth-order valence-electron chi connectivity index (χ4n) is 2.58. The topological polar surface area (TPSA) is 65.7 Å². The fourth-order valence-corrected chi connectivity index (χ4v) is 2.58. The van der Waals surface area contributed by atoms with Gasteiger partial charge in [0, 0.05) is 25.2 Å².